The number of carbonyl (C=O) groups excluding carboxylic acids is 3. The smallest absolute Gasteiger partial charge is 0.332 e. The first-order chi connectivity index (χ1) is 23.3. The predicted molar refractivity (Wildman–Crippen MR) is 183 cm³/mol. The standard InChI is InChI=1S/C34H37N9O4S/c1-3-13-41(34(46)36-16-21-7-10-25(47-2)11-8-21)42-20-30(44)43-27(15-22-9-12-26-24(14-22)17-37-39-26)32(45)40(19-29(42)43)18-23-5-4-6-28-31(23)38-33(35)48-28/h4-12,14,17,27,29H,3,13,15-16,18-20H2,1-2H3,(H2,35,38)(H,36,46)(H,37,39)/t27-,29+/m0/s1. The average molecular weight is 668 g/mol. The second-order valence-corrected chi connectivity index (χ2v) is 13.1. The van der Waals surface area contributed by atoms with Crippen molar-refractivity contribution >= 4 is 55.4 Å². The van der Waals surface area contributed by atoms with E-state index in [0.717, 1.165) is 43.6 Å². The molecule has 2 aromatic heterocycles. The van der Waals surface area contributed by atoms with Gasteiger partial charge in [0.15, 0.2) is 5.13 Å². The topological polar surface area (TPSA) is 153 Å². The van der Waals surface area contributed by atoms with Gasteiger partial charge in [-0.3, -0.25) is 19.7 Å². The van der Waals surface area contributed by atoms with Crippen molar-refractivity contribution in [2.24, 2.45) is 0 Å². The number of urea groups is 1. The first kappa shape index (κ1) is 31.4. The van der Waals surface area contributed by atoms with E-state index in [4.69, 9.17) is 10.5 Å². The molecule has 0 saturated carbocycles. The van der Waals surface area contributed by atoms with Gasteiger partial charge in [0.2, 0.25) is 11.8 Å². The summed E-state index contributed by atoms with van der Waals surface area (Å²) >= 11 is 1.40. The van der Waals surface area contributed by atoms with Crippen LogP contribution in [0.2, 0.25) is 0 Å². The van der Waals surface area contributed by atoms with Crippen molar-refractivity contribution in [3.8, 4) is 5.75 Å². The zero-order valence-electron chi connectivity index (χ0n) is 26.8. The molecule has 2 aliphatic heterocycles. The molecule has 0 bridgehead atoms. The third kappa shape index (κ3) is 6.00. The van der Waals surface area contributed by atoms with E-state index in [1.165, 1.54) is 11.3 Å². The molecule has 13 nitrogen and oxygen atoms in total. The number of nitrogen functional groups attached to an aromatic ring is 1. The van der Waals surface area contributed by atoms with E-state index < -0.39 is 12.2 Å². The number of hydrogen-bond donors (Lipinski definition) is 3. The van der Waals surface area contributed by atoms with Crippen molar-refractivity contribution < 1.29 is 19.1 Å². The fraction of sp³-hybridized carbons (Fsp3) is 0.324. The summed E-state index contributed by atoms with van der Waals surface area (Å²) < 4.78 is 6.20. The Kier molecular flexibility index (Phi) is 8.58. The molecule has 14 heteroatoms. The number of para-hydroxylation sites is 1. The maximum absolute atomic E-state index is 14.4. The third-order valence-electron chi connectivity index (χ3n) is 8.96. The lowest BCUT2D eigenvalue weighted by Gasteiger charge is -2.46. The van der Waals surface area contributed by atoms with E-state index in [1.54, 1.807) is 28.1 Å². The molecule has 2 aliphatic rings. The number of anilines is 1. The van der Waals surface area contributed by atoms with Crippen LogP contribution in [0.4, 0.5) is 9.93 Å². The molecule has 3 aromatic carbocycles. The van der Waals surface area contributed by atoms with Crippen LogP contribution in [0.25, 0.3) is 21.1 Å². The zero-order valence-corrected chi connectivity index (χ0v) is 27.6. The molecule has 0 spiro atoms. The van der Waals surface area contributed by atoms with Crippen molar-refractivity contribution in [1.82, 2.24) is 40.3 Å². The number of aromatic nitrogens is 3. The number of fused-ring (bicyclic) bond motifs is 3. The number of ether oxygens (including phenoxy) is 1. The minimum absolute atomic E-state index is 0.0167. The SMILES string of the molecule is CCCN(C(=O)NCc1ccc(OC)cc1)N1CC(=O)N2[C@@H](Cc3ccc4[nH]ncc4c3)C(=O)N(Cc3cccc4sc(N)nc34)C[C@@H]21. The molecule has 0 aliphatic carbocycles. The van der Waals surface area contributed by atoms with Crippen LogP contribution in [0.1, 0.15) is 30.0 Å². The van der Waals surface area contributed by atoms with Crippen LogP contribution in [-0.2, 0) is 29.1 Å². The number of nitrogens with one attached hydrogen (secondary N) is 2. The number of rotatable bonds is 10. The molecular weight excluding hydrogens is 631 g/mol. The Labute approximate surface area is 281 Å². The van der Waals surface area contributed by atoms with Crippen LogP contribution in [0.5, 0.6) is 5.75 Å². The van der Waals surface area contributed by atoms with Gasteiger partial charge in [0.25, 0.3) is 0 Å². The lowest BCUT2D eigenvalue weighted by molar-refractivity contribution is -0.157. The van der Waals surface area contributed by atoms with Gasteiger partial charge in [-0.25, -0.2) is 9.78 Å². The van der Waals surface area contributed by atoms with Gasteiger partial charge in [-0.15, -0.1) is 0 Å². The second kappa shape index (κ2) is 13.1. The summed E-state index contributed by atoms with van der Waals surface area (Å²) in [6, 6.07) is 18.2. The fourth-order valence-corrected chi connectivity index (χ4v) is 7.44. The van der Waals surface area contributed by atoms with Crippen LogP contribution < -0.4 is 15.8 Å². The lowest BCUT2D eigenvalue weighted by atomic mass is 9.99. The largest absolute Gasteiger partial charge is 0.497 e. The molecule has 0 radical (unpaired) electrons. The molecular formula is C34H37N9O4S. The van der Waals surface area contributed by atoms with Crippen molar-refractivity contribution in [2.45, 2.75) is 45.1 Å². The van der Waals surface area contributed by atoms with Gasteiger partial charge in [0, 0.05) is 31.4 Å². The molecule has 48 heavy (non-hydrogen) atoms. The van der Waals surface area contributed by atoms with Crippen molar-refractivity contribution in [3.05, 3.63) is 83.6 Å². The van der Waals surface area contributed by atoms with Gasteiger partial charge in [0.05, 0.1) is 42.1 Å². The number of piperazine rings is 1. The molecule has 4 heterocycles. The normalized spacial score (nSPS) is 18.1. The predicted octanol–water partition coefficient (Wildman–Crippen LogP) is 3.72. The third-order valence-corrected chi connectivity index (χ3v) is 9.81. The van der Waals surface area contributed by atoms with E-state index in [2.05, 4.69) is 20.5 Å². The van der Waals surface area contributed by atoms with E-state index >= 15 is 0 Å². The van der Waals surface area contributed by atoms with Crippen molar-refractivity contribution in [3.63, 3.8) is 0 Å². The Morgan fingerprint density at radius 3 is 2.75 bits per heavy atom. The highest BCUT2D eigenvalue weighted by atomic mass is 32.1. The minimum Gasteiger partial charge on any atom is -0.497 e. The van der Waals surface area contributed by atoms with Crippen LogP contribution in [0.3, 0.4) is 0 Å². The molecule has 2 atom stereocenters. The number of hydrogen-bond acceptors (Lipinski definition) is 9. The molecule has 2 fully saturated rings. The van der Waals surface area contributed by atoms with Crippen LogP contribution in [0, 0.1) is 0 Å². The van der Waals surface area contributed by atoms with E-state index in [0.29, 0.717) is 37.6 Å². The Morgan fingerprint density at radius 1 is 1.15 bits per heavy atom. The number of methoxy groups -OCH3 is 1. The summed E-state index contributed by atoms with van der Waals surface area (Å²) in [6.45, 7) is 3.20. The van der Waals surface area contributed by atoms with Gasteiger partial charge in [-0.1, -0.05) is 48.6 Å². The summed E-state index contributed by atoms with van der Waals surface area (Å²) in [5.41, 5.74) is 10.4. The number of carbonyl (C=O) groups is 3. The van der Waals surface area contributed by atoms with Crippen molar-refractivity contribution in [2.75, 3.05) is 32.5 Å². The number of aromatic amines is 1. The summed E-state index contributed by atoms with van der Waals surface area (Å²) in [6.07, 6.45) is 2.19. The van der Waals surface area contributed by atoms with Gasteiger partial charge in [0.1, 0.15) is 18.0 Å². The molecule has 2 saturated heterocycles. The molecule has 4 N–H and O–H groups in total. The van der Waals surface area contributed by atoms with Crippen molar-refractivity contribution in [1.29, 1.82) is 0 Å². The lowest BCUT2D eigenvalue weighted by Crippen LogP contribution is -2.66. The number of benzene rings is 3. The van der Waals surface area contributed by atoms with Crippen LogP contribution in [-0.4, -0.2) is 91.8 Å². The average Bonchev–Trinajstić information content (AvgIpc) is 3.81. The van der Waals surface area contributed by atoms with Crippen LogP contribution >= 0.6 is 11.3 Å². The van der Waals surface area contributed by atoms with E-state index in [1.807, 2.05) is 72.6 Å². The maximum atomic E-state index is 14.4. The Hall–Kier alpha value is -5.21. The summed E-state index contributed by atoms with van der Waals surface area (Å²) in [7, 11) is 1.61. The van der Waals surface area contributed by atoms with Crippen LogP contribution in [0.15, 0.2) is 66.9 Å². The molecule has 248 valence electrons. The minimum atomic E-state index is -0.767. The Balaban J connectivity index is 1.19. The van der Waals surface area contributed by atoms with E-state index in [9.17, 15) is 14.4 Å². The fourth-order valence-electron chi connectivity index (χ4n) is 6.66. The highest BCUT2D eigenvalue weighted by Gasteiger charge is 2.52. The number of thiazole rings is 1. The molecule has 0 unspecified atom stereocenters. The summed E-state index contributed by atoms with van der Waals surface area (Å²) in [4.78, 5) is 50.0. The first-order valence-electron chi connectivity index (χ1n) is 15.9. The summed E-state index contributed by atoms with van der Waals surface area (Å²) in [5, 5.41) is 14.9. The Morgan fingerprint density at radius 2 is 1.96 bits per heavy atom. The highest BCUT2D eigenvalue weighted by molar-refractivity contribution is 7.22. The maximum Gasteiger partial charge on any atom is 0.332 e. The summed E-state index contributed by atoms with van der Waals surface area (Å²) in [5.74, 6) is 0.388. The number of amides is 4. The van der Waals surface area contributed by atoms with Gasteiger partial charge in [-0.2, -0.15) is 10.1 Å². The molecule has 7 rings (SSSR count). The quantitative estimate of drug-likeness (QED) is 0.204. The first-order valence-corrected chi connectivity index (χ1v) is 16.7. The van der Waals surface area contributed by atoms with Gasteiger partial charge < -0.3 is 25.6 Å². The number of nitrogens with two attached hydrogens (primary N) is 1. The molecule has 4 amide bonds. The van der Waals surface area contributed by atoms with Gasteiger partial charge >= 0.3 is 6.03 Å². The second-order valence-electron chi connectivity index (χ2n) is 12.1. The van der Waals surface area contributed by atoms with Gasteiger partial charge in [-0.05, 0) is 53.4 Å². The number of hydrazine groups is 1. The number of H-pyrrole nitrogens is 1. The zero-order chi connectivity index (χ0) is 33.4. The highest BCUT2D eigenvalue weighted by Crippen LogP contribution is 2.33. The number of nitrogens with zero attached hydrogens (tertiary/aromatic N) is 6. The van der Waals surface area contributed by atoms with E-state index in [-0.39, 0.29) is 30.9 Å². The monoisotopic (exact) mass is 667 g/mol. The Bertz CT molecular complexity index is 1980. The molecule has 5 aromatic rings.